The molecule has 0 spiro atoms. The minimum Gasteiger partial charge on any atom is -0.356 e. The third-order valence-electron chi connectivity index (χ3n) is 4.10. The number of aliphatic imine (C=N–C) groups is 1. The number of nitrogens with one attached hydrogen (secondary N) is 2. The molecule has 130 valence electrons. The molecule has 8 heteroatoms. The first-order chi connectivity index (χ1) is 11.7. The summed E-state index contributed by atoms with van der Waals surface area (Å²) in [6.07, 6.45) is 6.08. The van der Waals surface area contributed by atoms with E-state index in [-0.39, 0.29) is 6.04 Å². The van der Waals surface area contributed by atoms with Gasteiger partial charge in [-0.3, -0.25) is 4.99 Å². The van der Waals surface area contributed by atoms with Crippen molar-refractivity contribution >= 4 is 17.3 Å². The Morgan fingerprint density at radius 3 is 3.12 bits per heavy atom. The van der Waals surface area contributed by atoms with E-state index in [1.807, 2.05) is 17.8 Å². The van der Waals surface area contributed by atoms with Crippen LogP contribution in [0, 0.1) is 6.92 Å². The molecule has 2 N–H and O–H groups in total. The maximum Gasteiger partial charge on any atom is 0.191 e. The second kappa shape index (κ2) is 7.74. The maximum absolute atomic E-state index is 4.56. The third kappa shape index (κ3) is 3.92. The van der Waals surface area contributed by atoms with Crippen LogP contribution in [-0.2, 0) is 19.4 Å². The van der Waals surface area contributed by atoms with Crippen molar-refractivity contribution in [2.24, 2.45) is 4.99 Å². The van der Waals surface area contributed by atoms with Gasteiger partial charge in [0.1, 0.15) is 11.6 Å². The molecule has 3 heterocycles. The minimum atomic E-state index is 0.165. The topological polar surface area (TPSA) is 80.0 Å². The van der Waals surface area contributed by atoms with Gasteiger partial charge in [0.05, 0.1) is 11.0 Å². The first-order valence-electron chi connectivity index (χ1n) is 8.51. The molecular weight excluding hydrogens is 322 g/mol. The predicted octanol–water partition coefficient (Wildman–Crippen LogP) is 1.85. The highest BCUT2D eigenvalue weighted by molar-refractivity contribution is 7.11. The lowest BCUT2D eigenvalue weighted by atomic mass is 10.1. The number of guanidine groups is 1. The van der Waals surface area contributed by atoms with E-state index in [1.54, 1.807) is 18.4 Å². The van der Waals surface area contributed by atoms with Crippen LogP contribution >= 0.6 is 11.3 Å². The molecule has 3 rings (SSSR count). The van der Waals surface area contributed by atoms with Crippen molar-refractivity contribution in [2.75, 3.05) is 13.6 Å². The molecule has 1 aliphatic heterocycles. The van der Waals surface area contributed by atoms with Crippen LogP contribution in [0.2, 0.25) is 0 Å². The van der Waals surface area contributed by atoms with Gasteiger partial charge in [-0.1, -0.05) is 6.92 Å². The zero-order valence-electron chi connectivity index (χ0n) is 14.5. The Bertz CT molecular complexity index is 703. The average Bonchev–Trinajstić information content (AvgIpc) is 3.19. The normalized spacial score (nSPS) is 17.6. The van der Waals surface area contributed by atoms with Gasteiger partial charge in [-0.25, -0.2) is 14.6 Å². The number of hydrogen-bond acceptors (Lipinski definition) is 5. The summed E-state index contributed by atoms with van der Waals surface area (Å²) < 4.78 is 2.01. The lowest BCUT2D eigenvalue weighted by molar-refractivity contribution is 0.398. The fourth-order valence-corrected chi connectivity index (χ4v) is 3.74. The summed E-state index contributed by atoms with van der Waals surface area (Å²) in [5, 5.41) is 12.5. The first-order valence-corrected chi connectivity index (χ1v) is 9.33. The van der Waals surface area contributed by atoms with Gasteiger partial charge in [-0.05, 0) is 26.2 Å². The Kier molecular flexibility index (Phi) is 5.44. The summed E-state index contributed by atoms with van der Waals surface area (Å²) in [7, 11) is 1.80. The van der Waals surface area contributed by atoms with Crippen molar-refractivity contribution in [2.45, 2.75) is 52.1 Å². The van der Waals surface area contributed by atoms with Crippen molar-refractivity contribution < 1.29 is 0 Å². The second-order valence-electron chi connectivity index (χ2n) is 5.90. The summed E-state index contributed by atoms with van der Waals surface area (Å²) in [6, 6.07) is 0.165. The summed E-state index contributed by atoms with van der Waals surface area (Å²) in [5.41, 5.74) is 0. The molecule has 2 aromatic heterocycles. The van der Waals surface area contributed by atoms with Gasteiger partial charge in [0.25, 0.3) is 0 Å². The molecule has 0 amide bonds. The molecule has 0 aliphatic carbocycles. The zero-order valence-corrected chi connectivity index (χ0v) is 15.4. The van der Waals surface area contributed by atoms with Gasteiger partial charge in [-0.2, -0.15) is 5.10 Å². The number of rotatable bonds is 5. The molecule has 24 heavy (non-hydrogen) atoms. The van der Waals surface area contributed by atoms with Crippen LogP contribution in [0.25, 0.3) is 0 Å². The van der Waals surface area contributed by atoms with E-state index in [9.17, 15) is 0 Å². The fraction of sp³-hybridized carbons (Fsp3) is 0.625. The van der Waals surface area contributed by atoms with Gasteiger partial charge >= 0.3 is 0 Å². The molecule has 1 unspecified atom stereocenters. The van der Waals surface area contributed by atoms with Gasteiger partial charge in [0, 0.05) is 37.6 Å². The standard InChI is InChI=1S/C16H25N7S/c1-4-12-10-19-14(24-12)7-8-18-16(17-3)21-13-6-5-9-23-15(13)20-11(2)22-23/h10,13H,4-9H2,1-3H3,(H2,17,18,21). The van der Waals surface area contributed by atoms with Crippen molar-refractivity contribution in [3.8, 4) is 0 Å². The Morgan fingerprint density at radius 2 is 2.38 bits per heavy atom. The number of aromatic nitrogens is 4. The fourth-order valence-electron chi connectivity index (χ4n) is 2.88. The summed E-state index contributed by atoms with van der Waals surface area (Å²) in [5.74, 6) is 2.65. The number of thiazole rings is 1. The van der Waals surface area contributed by atoms with Gasteiger partial charge in [0.15, 0.2) is 5.96 Å². The number of fused-ring (bicyclic) bond motifs is 1. The molecule has 0 fully saturated rings. The van der Waals surface area contributed by atoms with Crippen LogP contribution in [0.1, 0.15) is 47.3 Å². The second-order valence-corrected chi connectivity index (χ2v) is 7.10. The molecular formula is C16H25N7S. The SMILES string of the molecule is CCc1cnc(CCNC(=NC)NC2CCCn3nc(C)nc32)s1. The van der Waals surface area contributed by atoms with Crippen molar-refractivity contribution in [1.82, 2.24) is 30.4 Å². The largest absolute Gasteiger partial charge is 0.356 e. The van der Waals surface area contributed by atoms with E-state index in [0.29, 0.717) is 0 Å². The Hall–Kier alpha value is -1.96. The van der Waals surface area contributed by atoms with Gasteiger partial charge in [0.2, 0.25) is 0 Å². The summed E-state index contributed by atoms with van der Waals surface area (Å²) >= 11 is 1.79. The quantitative estimate of drug-likeness (QED) is 0.637. The smallest absolute Gasteiger partial charge is 0.191 e. The maximum atomic E-state index is 4.56. The number of aryl methyl sites for hydroxylation is 3. The van der Waals surface area contributed by atoms with E-state index in [4.69, 9.17) is 0 Å². The number of nitrogens with zero attached hydrogens (tertiary/aromatic N) is 5. The highest BCUT2D eigenvalue weighted by Gasteiger charge is 2.24. The molecule has 0 saturated carbocycles. The van der Waals surface area contributed by atoms with Crippen LogP contribution in [0.3, 0.4) is 0 Å². The van der Waals surface area contributed by atoms with Crippen LogP contribution < -0.4 is 10.6 Å². The molecule has 0 bridgehead atoms. The van der Waals surface area contributed by atoms with E-state index in [2.05, 4.69) is 37.6 Å². The molecule has 0 aromatic carbocycles. The molecule has 7 nitrogen and oxygen atoms in total. The lowest BCUT2D eigenvalue weighted by Crippen LogP contribution is -2.42. The van der Waals surface area contributed by atoms with E-state index < -0.39 is 0 Å². The zero-order chi connectivity index (χ0) is 16.9. The minimum absolute atomic E-state index is 0.165. The van der Waals surface area contributed by atoms with E-state index >= 15 is 0 Å². The van der Waals surface area contributed by atoms with Crippen molar-refractivity contribution in [3.63, 3.8) is 0 Å². The van der Waals surface area contributed by atoms with E-state index in [0.717, 1.165) is 56.4 Å². The molecule has 0 saturated heterocycles. The first kappa shape index (κ1) is 16.9. The molecule has 2 aromatic rings. The third-order valence-corrected chi connectivity index (χ3v) is 5.30. The Morgan fingerprint density at radius 1 is 1.50 bits per heavy atom. The molecule has 1 atom stereocenters. The molecule has 0 radical (unpaired) electrons. The van der Waals surface area contributed by atoms with Crippen LogP contribution in [0.15, 0.2) is 11.2 Å². The average molecular weight is 347 g/mol. The van der Waals surface area contributed by atoms with E-state index in [1.165, 1.54) is 9.88 Å². The Labute approximate surface area is 146 Å². The lowest BCUT2D eigenvalue weighted by Gasteiger charge is -2.24. The van der Waals surface area contributed by atoms with Crippen LogP contribution in [-0.4, -0.2) is 39.3 Å². The predicted molar refractivity (Wildman–Crippen MR) is 96.4 cm³/mol. The highest BCUT2D eigenvalue weighted by Crippen LogP contribution is 2.22. The summed E-state index contributed by atoms with van der Waals surface area (Å²) in [6.45, 7) is 5.86. The van der Waals surface area contributed by atoms with Gasteiger partial charge < -0.3 is 10.6 Å². The molecule has 1 aliphatic rings. The van der Waals surface area contributed by atoms with Crippen LogP contribution in [0.5, 0.6) is 0 Å². The highest BCUT2D eigenvalue weighted by atomic mass is 32.1. The van der Waals surface area contributed by atoms with Crippen molar-refractivity contribution in [1.29, 1.82) is 0 Å². The Balaban J connectivity index is 1.54. The van der Waals surface area contributed by atoms with Gasteiger partial charge in [-0.15, -0.1) is 11.3 Å². The van der Waals surface area contributed by atoms with Crippen LogP contribution in [0.4, 0.5) is 0 Å². The van der Waals surface area contributed by atoms with Crippen molar-refractivity contribution in [3.05, 3.63) is 27.7 Å². The summed E-state index contributed by atoms with van der Waals surface area (Å²) in [4.78, 5) is 14.7. The monoisotopic (exact) mass is 347 g/mol. The number of hydrogen-bond donors (Lipinski definition) is 2.